The average Bonchev–Trinajstić information content (AvgIpc) is 3.62. The van der Waals surface area contributed by atoms with Gasteiger partial charge in [-0.25, -0.2) is 0 Å². The molecule has 5 rings (SSSR count). The monoisotopic (exact) mass is 502 g/mol. The molecule has 2 aliphatic rings. The van der Waals surface area contributed by atoms with E-state index in [4.69, 9.17) is 13.9 Å². The van der Waals surface area contributed by atoms with Gasteiger partial charge in [-0.05, 0) is 60.2 Å². The molecule has 37 heavy (non-hydrogen) atoms. The van der Waals surface area contributed by atoms with Gasteiger partial charge in [0.2, 0.25) is 5.91 Å². The standard InChI is InChI=1S/C30H34N2O5/c1-20(2)30(34)32-15-14-21-10-11-23(17-26(21)28(32)22-7-4-3-5-8-22)36-19-25-12-13-27(37-25)29(33)31-18-24-9-6-16-35-24/h3-5,7-8,10-13,17,20,24,28H,6,9,14-16,18-19H2,1-2H3,(H,31,33)/t24-,28+/m1/s1. The zero-order valence-corrected chi connectivity index (χ0v) is 21.4. The third-order valence-electron chi connectivity index (χ3n) is 7.02. The second-order valence-electron chi connectivity index (χ2n) is 10.0. The highest BCUT2D eigenvalue weighted by Crippen LogP contribution is 2.38. The van der Waals surface area contributed by atoms with Crippen molar-refractivity contribution in [3.8, 4) is 5.75 Å². The third-order valence-corrected chi connectivity index (χ3v) is 7.02. The summed E-state index contributed by atoms with van der Waals surface area (Å²) in [6.07, 6.45) is 2.88. The highest BCUT2D eigenvalue weighted by Gasteiger charge is 2.33. The quantitative estimate of drug-likeness (QED) is 0.474. The van der Waals surface area contributed by atoms with Crippen LogP contribution in [0.1, 0.15) is 65.7 Å². The Morgan fingerprint density at radius 1 is 1.11 bits per heavy atom. The van der Waals surface area contributed by atoms with Crippen LogP contribution < -0.4 is 10.1 Å². The number of ether oxygens (including phenoxy) is 2. The molecule has 0 unspecified atom stereocenters. The van der Waals surface area contributed by atoms with Gasteiger partial charge >= 0.3 is 0 Å². The summed E-state index contributed by atoms with van der Waals surface area (Å²) < 4.78 is 17.4. The minimum atomic E-state index is -0.254. The Morgan fingerprint density at radius 3 is 2.70 bits per heavy atom. The molecule has 7 heteroatoms. The van der Waals surface area contributed by atoms with Crippen molar-refractivity contribution in [2.45, 2.75) is 51.9 Å². The fraction of sp³-hybridized carbons (Fsp3) is 0.400. The second kappa shape index (κ2) is 11.2. The predicted octanol–water partition coefficient (Wildman–Crippen LogP) is 4.90. The number of carbonyl (C=O) groups excluding carboxylic acids is 2. The second-order valence-corrected chi connectivity index (χ2v) is 10.0. The molecular formula is C30H34N2O5. The summed E-state index contributed by atoms with van der Waals surface area (Å²) in [4.78, 5) is 27.5. The van der Waals surface area contributed by atoms with Crippen LogP contribution in [0.5, 0.6) is 5.75 Å². The van der Waals surface area contributed by atoms with Gasteiger partial charge in [0, 0.05) is 25.6 Å². The van der Waals surface area contributed by atoms with E-state index in [1.807, 2.05) is 49.1 Å². The summed E-state index contributed by atoms with van der Waals surface area (Å²) in [5.74, 6) is 1.33. The third kappa shape index (κ3) is 5.72. The van der Waals surface area contributed by atoms with Crippen LogP contribution in [0.25, 0.3) is 0 Å². The smallest absolute Gasteiger partial charge is 0.287 e. The first kappa shape index (κ1) is 25.1. The minimum Gasteiger partial charge on any atom is -0.486 e. The van der Waals surface area contributed by atoms with Gasteiger partial charge in [-0.3, -0.25) is 9.59 Å². The summed E-state index contributed by atoms with van der Waals surface area (Å²) in [6, 6.07) is 19.5. The number of benzene rings is 2. The molecule has 1 fully saturated rings. The lowest BCUT2D eigenvalue weighted by Crippen LogP contribution is -2.42. The fourth-order valence-corrected chi connectivity index (χ4v) is 5.08. The molecule has 3 heterocycles. The maximum absolute atomic E-state index is 13.1. The zero-order valence-electron chi connectivity index (χ0n) is 21.4. The topological polar surface area (TPSA) is 81.0 Å². The molecule has 3 aromatic rings. The molecule has 1 N–H and O–H groups in total. The highest BCUT2D eigenvalue weighted by molar-refractivity contribution is 5.91. The lowest BCUT2D eigenvalue weighted by Gasteiger charge is -2.39. The minimum absolute atomic E-state index is 0.0803. The summed E-state index contributed by atoms with van der Waals surface area (Å²) in [7, 11) is 0. The molecule has 194 valence electrons. The molecule has 1 aromatic heterocycles. The number of nitrogens with one attached hydrogen (secondary N) is 1. The van der Waals surface area contributed by atoms with Crippen molar-refractivity contribution < 1.29 is 23.5 Å². The van der Waals surface area contributed by atoms with Crippen molar-refractivity contribution in [2.75, 3.05) is 19.7 Å². The molecule has 2 aromatic carbocycles. The lowest BCUT2D eigenvalue weighted by molar-refractivity contribution is -0.136. The molecule has 0 bridgehead atoms. The van der Waals surface area contributed by atoms with E-state index in [0.717, 1.165) is 37.0 Å². The van der Waals surface area contributed by atoms with Crippen LogP contribution in [-0.4, -0.2) is 42.5 Å². The van der Waals surface area contributed by atoms with E-state index in [-0.39, 0.29) is 42.2 Å². The number of nitrogens with zero attached hydrogens (tertiary/aromatic N) is 1. The summed E-state index contributed by atoms with van der Waals surface area (Å²) in [5, 5.41) is 2.87. The summed E-state index contributed by atoms with van der Waals surface area (Å²) >= 11 is 0. The van der Waals surface area contributed by atoms with Crippen LogP contribution in [0, 0.1) is 5.92 Å². The number of rotatable bonds is 8. The maximum atomic E-state index is 13.1. The van der Waals surface area contributed by atoms with Gasteiger partial charge in [0.15, 0.2) is 5.76 Å². The van der Waals surface area contributed by atoms with Gasteiger partial charge in [-0.15, -0.1) is 0 Å². The molecule has 0 spiro atoms. The van der Waals surface area contributed by atoms with Crippen molar-refractivity contribution in [1.29, 1.82) is 0 Å². The van der Waals surface area contributed by atoms with E-state index in [2.05, 4.69) is 23.5 Å². The van der Waals surface area contributed by atoms with Crippen molar-refractivity contribution >= 4 is 11.8 Å². The van der Waals surface area contributed by atoms with Gasteiger partial charge in [-0.2, -0.15) is 0 Å². The molecule has 0 aliphatic carbocycles. The Labute approximate surface area is 217 Å². The first-order chi connectivity index (χ1) is 18.0. The number of hydrogen-bond donors (Lipinski definition) is 1. The van der Waals surface area contributed by atoms with E-state index in [1.54, 1.807) is 12.1 Å². The lowest BCUT2D eigenvalue weighted by atomic mass is 9.87. The maximum Gasteiger partial charge on any atom is 0.287 e. The van der Waals surface area contributed by atoms with E-state index < -0.39 is 0 Å². The van der Waals surface area contributed by atoms with Gasteiger partial charge < -0.3 is 24.1 Å². The first-order valence-electron chi connectivity index (χ1n) is 13.1. The van der Waals surface area contributed by atoms with E-state index in [9.17, 15) is 9.59 Å². The van der Waals surface area contributed by atoms with Crippen molar-refractivity contribution in [3.05, 3.63) is 88.9 Å². The van der Waals surface area contributed by atoms with Crippen LogP contribution in [0.3, 0.4) is 0 Å². The summed E-state index contributed by atoms with van der Waals surface area (Å²) in [6.45, 7) is 6.01. The van der Waals surface area contributed by atoms with E-state index in [1.165, 1.54) is 5.56 Å². The van der Waals surface area contributed by atoms with Crippen molar-refractivity contribution in [3.63, 3.8) is 0 Å². The Morgan fingerprint density at radius 2 is 1.95 bits per heavy atom. The van der Waals surface area contributed by atoms with Crippen molar-refractivity contribution in [2.24, 2.45) is 5.92 Å². The normalized spacial score (nSPS) is 19.1. The molecule has 0 saturated carbocycles. The number of hydrogen-bond acceptors (Lipinski definition) is 5. The van der Waals surface area contributed by atoms with Gasteiger partial charge in [0.25, 0.3) is 5.91 Å². The van der Waals surface area contributed by atoms with Crippen LogP contribution in [0.15, 0.2) is 65.1 Å². The van der Waals surface area contributed by atoms with Crippen LogP contribution >= 0.6 is 0 Å². The Balaban J connectivity index is 1.29. The number of carbonyl (C=O) groups is 2. The Bertz CT molecular complexity index is 1230. The first-order valence-corrected chi connectivity index (χ1v) is 13.1. The highest BCUT2D eigenvalue weighted by atomic mass is 16.5. The molecule has 7 nitrogen and oxygen atoms in total. The number of fused-ring (bicyclic) bond motifs is 1. The molecule has 2 atom stereocenters. The largest absolute Gasteiger partial charge is 0.486 e. The molecular weight excluding hydrogens is 468 g/mol. The fourth-order valence-electron chi connectivity index (χ4n) is 5.08. The predicted molar refractivity (Wildman–Crippen MR) is 139 cm³/mol. The Hall–Kier alpha value is -3.58. The molecule has 0 radical (unpaired) electrons. The number of furan rings is 1. The zero-order chi connectivity index (χ0) is 25.8. The SMILES string of the molecule is CC(C)C(=O)N1CCc2ccc(OCc3ccc(C(=O)NC[C@H]4CCCO4)o3)cc2[C@@H]1c1ccccc1. The van der Waals surface area contributed by atoms with Crippen LogP contribution in [0.2, 0.25) is 0 Å². The van der Waals surface area contributed by atoms with Gasteiger partial charge in [0.05, 0.1) is 12.1 Å². The molecule has 2 aliphatic heterocycles. The van der Waals surface area contributed by atoms with E-state index >= 15 is 0 Å². The van der Waals surface area contributed by atoms with E-state index in [0.29, 0.717) is 24.6 Å². The molecule has 2 amide bonds. The molecule has 1 saturated heterocycles. The van der Waals surface area contributed by atoms with Crippen LogP contribution in [0.4, 0.5) is 0 Å². The van der Waals surface area contributed by atoms with Gasteiger partial charge in [-0.1, -0.05) is 50.2 Å². The van der Waals surface area contributed by atoms with Crippen LogP contribution in [-0.2, 0) is 22.6 Å². The summed E-state index contributed by atoms with van der Waals surface area (Å²) in [5.41, 5.74) is 3.38. The number of amides is 2. The Kier molecular flexibility index (Phi) is 7.60. The van der Waals surface area contributed by atoms with Crippen molar-refractivity contribution in [1.82, 2.24) is 10.2 Å². The average molecular weight is 503 g/mol. The van der Waals surface area contributed by atoms with Gasteiger partial charge in [0.1, 0.15) is 18.1 Å².